The Morgan fingerprint density at radius 2 is 1.67 bits per heavy atom. The molecule has 4 N–H and O–H groups in total. The van der Waals surface area contributed by atoms with Gasteiger partial charge in [0.25, 0.3) is 0 Å². The van der Waals surface area contributed by atoms with E-state index < -0.39 is 12.0 Å². The van der Waals surface area contributed by atoms with Gasteiger partial charge >= 0.3 is 5.97 Å². The number of benzene rings is 3. The standard InChI is InChI=1S/C22H20N2O2S/c23-20(22(25)26)13-24-12-19-11-18-10-17(7-8-21(18)27-19)16-6-5-14-3-1-2-4-15(14)9-16/h1-11,20,24H,12-13,23H2,(H,25,26). The van der Waals surface area contributed by atoms with Crippen LogP contribution in [0.15, 0.2) is 66.7 Å². The molecule has 0 amide bonds. The maximum atomic E-state index is 10.8. The molecule has 0 saturated heterocycles. The molecular weight excluding hydrogens is 356 g/mol. The molecule has 1 unspecified atom stereocenters. The third kappa shape index (κ3) is 3.85. The number of nitrogens with two attached hydrogens (primary N) is 1. The molecule has 27 heavy (non-hydrogen) atoms. The average molecular weight is 376 g/mol. The lowest BCUT2D eigenvalue weighted by molar-refractivity contribution is -0.138. The molecule has 0 aliphatic heterocycles. The van der Waals surface area contributed by atoms with Crippen molar-refractivity contribution in [1.29, 1.82) is 0 Å². The van der Waals surface area contributed by atoms with Crippen molar-refractivity contribution in [2.45, 2.75) is 12.6 Å². The van der Waals surface area contributed by atoms with E-state index in [4.69, 9.17) is 10.8 Å². The summed E-state index contributed by atoms with van der Waals surface area (Å²) in [7, 11) is 0. The summed E-state index contributed by atoms with van der Waals surface area (Å²) in [4.78, 5) is 11.9. The zero-order valence-corrected chi connectivity index (χ0v) is 15.5. The number of carbonyl (C=O) groups is 1. The first-order valence-corrected chi connectivity index (χ1v) is 9.62. The average Bonchev–Trinajstić information content (AvgIpc) is 3.09. The van der Waals surface area contributed by atoms with Crippen molar-refractivity contribution in [3.63, 3.8) is 0 Å². The molecule has 1 aromatic heterocycles. The lowest BCUT2D eigenvalue weighted by Crippen LogP contribution is -2.39. The molecule has 0 fully saturated rings. The van der Waals surface area contributed by atoms with Gasteiger partial charge in [0, 0.05) is 22.7 Å². The lowest BCUT2D eigenvalue weighted by Gasteiger charge is -2.06. The van der Waals surface area contributed by atoms with Gasteiger partial charge in [-0.2, -0.15) is 0 Å². The minimum absolute atomic E-state index is 0.256. The Morgan fingerprint density at radius 1 is 0.963 bits per heavy atom. The highest BCUT2D eigenvalue weighted by atomic mass is 32.1. The second-order valence-electron chi connectivity index (χ2n) is 6.60. The Balaban J connectivity index is 1.55. The maximum absolute atomic E-state index is 10.8. The minimum Gasteiger partial charge on any atom is -0.480 e. The number of fused-ring (bicyclic) bond motifs is 2. The van der Waals surface area contributed by atoms with Gasteiger partial charge < -0.3 is 16.2 Å². The summed E-state index contributed by atoms with van der Waals surface area (Å²) in [6.45, 7) is 0.873. The molecular formula is C22H20N2O2S. The topological polar surface area (TPSA) is 75.3 Å². The van der Waals surface area contributed by atoms with Crippen LogP contribution in [0.3, 0.4) is 0 Å². The Hall–Kier alpha value is -2.73. The van der Waals surface area contributed by atoms with E-state index in [0.717, 1.165) is 0 Å². The summed E-state index contributed by atoms with van der Waals surface area (Å²) < 4.78 is 1.22. The quantitative estimate of drug-likeness (QED) is 0.471. The largest absolute Gasteiger partial charge is 0.480 e. The third-order valence-corrected chi connectivity index (χ3v) is 5.75. The normalized spacial score (nSPS) is 12.5. The van der Waals surface area contributed by atoms with Crippen LogP contribution in [-0.2, 0) is 11.3 Å². The molecule has 0 spiro atoms. The number of carboxylic acid groups (broad SMARTS) is 1. The number of hydrogen-bond donors (Lipinski definition) is 3. The molecule has 4 nitrogen and oxygen atoms in total. The molecule has 136 valence electrons. The second-order valence-corrected chi connectivity index (χ2v) is 7.77. The molecule has 0 bridgehead atoms. The Kier molecular flexibility index (Phi) is 4.90. The van der Waals surface area contributed by atoms with Crippen molar-refractivity contribution in [2.75, 3.05) is 6.54 Å². The molecule has 0 radical (unpaired) electrons. The molecule has 3 aromatic carbocycles. The van der Waals surface area contributed by atoms with Crippen LogP contribution in [0.1, 0.15) is 4.88 Å². The van der Waals surface area contributed by atoms with Crippen molar-refractivity contribution in [3.05, 3.63) is 71.6 Å². The van der Waals surface area contributed by atoms with Crippen LogP contribution in [0.5, 0.6) is 0 Å². The number of aliphatic carboxylic acids is 1. The third-order valence-electron chi connectivity index (χ3n) is 4.63. The van der Waals surface area contributed by atoms with Crippen LogP contribution < -0.4 is 11.1 Å². The first-order valence-electron chi connectivity index (χ1n) is 8.81. The Morgan fingerprint density at radius 3 is 2.44 bits per heavy atom. The van der Waals surface area contributed by atoms with E-state index in [0.29, 0.717) is 6.54 Å². The van der Waals surface area contributed by atoms with Gasteiger partial charge in [0.2, 0.25) is 0 Å². The van der Waals surface area contributed by atoms with E-state index in [2.05, 4.69) is 72.0 Å². The first-order chi connectivity index (χ1) is 13.1. The van der Waals surface area contributed by atoms with E-state index >= 15 is 0 Å². The highest BCUT2D eigenvalue weighted by Gasteiger charge is 2.11. The number of thiophene rings is 1. The number of carboxylic acids is 1. The van der Waals surface area contributed by atoms with Crippen molar-refractivity contribution >= 4 is 38.2 Å². The van der Waals surface area contributed by atoms with E-state index in [1.54, 1.807) is 11.3 Å². The monoisotopic (exact) mass is 376 g/mol. The van der Waals surface area contributed by atoms with Crippen LogP contribution in [0.2, 0.25) is 0 Å². The molecule has 0 saturated carbocycles. The van der Waals surface area contributed by atoms with E-state index in [-0.39, 0.29) is 6.54 Å². The number of rotatable bonds is 6. The summed E-state index contributed by atoms with van der Waals surface area (Å²) in [6.07, 6.45) is 0. The molecule has 1 heterocycles. The predicted octanol–water partition coefficient (Wildman–Crippen LogP) is 4.22. The molecule has 5 heteroatoms. The zero-order chi connectivity index (χ0) is 18.8. The smallest absolute Gasteiger partial charge is 0.321 e. The highest BCUT2D eigenvalue weighted by Crippen LogP contribution is 2.31. The number of nitrogens with one attached hydrogen (secondary N) is 1. The SMILES string of the molecule is NC(CNCc1cc2cc(-c3ccc4ccccc4c3)ccc2s1)C(=O)O. The van der Waals surface area contributed by atoms with Crippen molar-refractivity contribution in [1.82, 2.24) is 5.32 Å². The van der Waals surface area contributed by atoms with Crippen LogP contribution in [0, 0.1) is 0 Å². The van der Waals surface area contributed by atoms with Gasteiger partial charge in [0.1, 0.15) is 6.04 Å². The summed E-state index contributed by atoms with van der Waals surface area (Å²) in [5.74, 6) is -0.987. The number of hydrogen-bond acceptors (Lipinski definition) is 4. The van der Waals surface area contributed by atoms with E-state index in [1.807, 2.05) is 0 Å². The summed E-state index contributed by atoms with van der Waals surface area (Å²) in [5, 5.41) is 15.6. The van der Waals surface area contributed by atoms with Crippen LogP contribution in [0.25, 0.3) is 32.0 Å². The van der Waals surface area contributed by atoms with Gasteiger partial charge in [-0.25, -0.2) is 0 Å². The van der Waals surface area contributed by atoms with Crippen LogP contribution in [-0.4, -0.2) is 23.7 Å². The summed E-state index contributed by atoms with van der Waals surface area (Å²) in [5.41, 5.74) is 7.92. The Bertz CT molecular complexity index is 1120. The summed E-state index contributed by atoms with van der Waals surface area (Å²) >= 11 is 1.71. The van der Waals surface area contributed by atoms with Crippen molar-refractivity contribution in [3.8, 4) is 11.1 Å². The van der Waals surface area contributed by atoms with Gasteiger partial charge in [-0.1, -0.05) is 42.5 Å². The van der Waals surface area contributed by atoms with E-state index in [9.17, 15) is 4.79 Å². The van der Waals surface area contributed by atoms with Crippen molar-refractivity contribution < 1.29 is 9.90 Å². The second kappa shape index (κ2) is 7.48. The Labute approximate surface area is 161 Å². The van der Waals surface area contributed by atoms with E-state index in [1.165, 1.54) is 36.9 Å². The van der Waals surface area contributed by atoms with Gasteiger partial charge in [-0.3, -0.25) is 4.79 Å². The van der Waals surface area contributed by atoms with Crippen LogP contribution in [0.4, 0.5) is 0 Å². The predicted molar refractivity (Wildman–Crippen MR) is 112 cm³/mol. The van der Waals surface area contributed by atoms with Gasteiger partial charge in [-0.05, 0) is 51.6 Å². The highest BCUT2D eigenvalue weighted by molar-refractivity contribution is 7.19. The van der Waals surface area contributed by atoms with Crippen molar-refractivity contribution in [2.24, 2.45) is 5.73 Å². The molecule has 0 aliphatic carbocycles. The maximum Gasteiger partial charge on any atom is 0.321 e. The fraction of sp³-hybridized carbons (Fsp3) is 0.136. The van der Waals surface area contributed by atoms with Gasteiger partial charge in [0.05, 0.1) is 0 Å². The molecule has 4 aromatic rings. The molecule has 4 rings (SSSR count). The lowest BCUT2D eigenvalue weighted by atomic mass is 10.0. The van der Waals surface area contributed by atoms with Gasteiger partial charge in [0.15, 0.2) is 0 Å². The van der Waals surface area contributed by atoms with Crippen LogP contribution >= 0.6 is 11.3 Å². The molecule has 1 atom stereocenters. The fourth-order valence-corrected chi connectivity index (χ4v) is 4.19. The van der Waals surface area contributed by atoms with Gasteiger partial charge in [-0.15, -0.1) is 11.3 Å². The zero-order valence-electron chi connectivity index (χ0n) is 14.7. The fourth-order valence-electron chi connectivity index (χ4n) is 3.17. The first kappa shape index (κ1) is 17.7. The summed E-state index contributed by atoms with van der Waals surface area (Å²) in [6, 6.07) is 22.7. The minimum atomic E-state index is -0.987. The molecule has 0 aliphatic rings.